The Morgan fingerprint density at radius 3 is 2.48 bits per heavy atom. The van der Waals surface area contributed by atoms with Crippen molar-refractivity contribution < 1.29 is 4.79 Å². The summed E-state index contributed by atoms with van der Waals surface area (Å²) in [4.78, 5) is 14.3. The predicted octanol–water partition coefficient (Wildman–Crippen LogP) is 3.00. The Hall–Kier alpha value is -1.71. The molecule has 1 aromatic rings. The molecule has 0 radical (unpaired) electrons. The van der Waals surface area contributed by atoms with E-state index >= 15 is 0 Å². The number of hydrogen-bond donors (Lipinski definition) is 2. The van der Waals surface area contributed by atoms with Crippen molar-refractivity contribution in [2.75, 3.05) is 29.9 Å². The Morgan fingerprint density at radius 2 is 1.86 bits per heavy atom. The Morgan fingerprint density at radius 1 is 1.19 bits per heavy atom. The number of anilines is 2. The van der Waals surface area contributed by atoms with Crippen molar-refractivity contribution in [1.82, 2.24) is 5.32 Å². The molecule has 4 nitrogen and oxygen atoms in total. The van der Waals surface area contributed by atoms with Crippen molar-refractivity contribution in [3.05, 3.63) is 24.3 Å². The summed E-state index contributed by atoms with van der Waals surface area (Å²) < 4.78 is 0. The van der Waals surface area contributed by atoms with Crippen molar-refractivity contribution in [3.63, 3.8) is 0 Å². The van der Waals surface area contributed by atoms with Crippen molar-refractivity contribution in [2.45, 2.75) is 45.6 Å². The lowest BCUT2D eigenvalue weighted by atomic mass is 10.1. The number of amides is 1. The average molecular weight is 289 g/mol. The molecule has 21 heavy (non-hydrogen) atoms. The maximum atomic E-state index is 11.8. The fourth-order valence-corrected chi connectivity index (χ4v) is 2.64. The first kappa shape index (κ1) is 15.7. The van der Waals surface area contributed by atoms with Gasteiger partial charge in [-0.2, -0.15) is 0 Å². The van der Waals surface area contributed by atoms with Crippen LogP contribution < -0.4 is 15.5 Å². The number of nitrogens with one attached hydrogen (secondary N) is 2. The summed E-state index contributed by atoms with van der Waals surface area (Å²) >= 11 is 0. The minimum absolute atomic E-state index is 0.0527. The molecule has 0 bridgehead atoms. The van der Waals surface area contributed by atoms with E-state index in [1.807, 2.05) is 6.92 Å². The molecule has 1 aromatic carbocycles. The summed E-state index contributed by atoms with van der Waals surface area (Å²) in [6.07, 6.45) is 4.88. The summed E-state index contributed by atoms with van der Waals surface area (Å²) in [5, 5.41) is 6.16. The Bertz CT molecular complexity index is 438. The number of carbonyl (C=O) groups is 1. The van der Waals surface area contributed by atoms with Crippen LogP contribution in [0.4, 0.5) is 11.4 Å². The third-order valence-corrected chi connectivity index (χ3v) is 3.91. The Balaban J connectivity index is 1.88. The van der Waals surface area contributed by atoms with Crippen LogP contribution in [-0.2, 0) is 4.79 Å². The lowest BCUT2D eigenvalue weighted by molar-refractivity contribution is -0.121. The lowest BCUT2D eigenvalue weighted by Gasteiger charge is -2.29. The van der Waals surface area contributed by atoms with Gasteiger partial charge in [0.15, 0.2) is 0 Å². The molecular weight excluding hydrogens is 262 g/mol. The highest BCUT2D eigenvalue weighted by molar-refractivity contribution is 5.84. The zero-order valence-corrected chi connectivity index (χ0v) is 13.2. The van der Waals surface area contributed by atoms with E-state index in [0.717, 1.165) is 31.7 Å². The summed E-state index contributed by atoms with van der Waals surface area (Å²) in [7, 11) is 0. The molecule has 1 unspecified atom stereocenters. The van der Waals surface area contributed by atoms with Crippen LogP contribution in [0.3, 0.4) is 0 Å². The van der Waals surface area contributed by atoms with Crippen LogP contribution in [-0.4, -0.2) is 31.6 Å². The van der Waals surface area contributed by atoms with Gasteiger partial charge in [0.2, 0.25) is 5.91 Å². The zero-order valence-electron chi connectivity index (χ0n) is 13.2. The lowest BCUT2D eigenvalue weighted by Crippen LogP contribution is -2.37. The van der Waals surface area contributed by atoms with E-state index in [1.165, 1.54) is 24.9 Å². The van der Waals surface area contributed by atoms with Gasteiger partial charge in [-0.25, -0.2) is 0 Å². The third-order valence-electron chi connectivity index (χ3n) is 3.91. The van der Waals surface area contributed by atoms with Crippen molar-refractivity contribution >= 4 is 17.3 Å². The monoisotopic (exact) mass is 289 g/mol. The highest BCUT2D eigenvalue weighted by atomic mass is 16.2. The standard InChI is InChI=1S/C17H27N3O/c1-3-11-18-17(21)14(2)19-15-7-9-16(10-8-15)20-12-5-4-6-13-20/h7-10,14,19H,3-6,11-13H2,1-2H3,(H,18,21). The SMILES string of the molecule is CCCNC(=O)C(C)Nc1ccc(N2CCCCC2)cc1. The highest BCUT2D eigenvalue weighted by Crippen LogP contribution is 2.22. The van der Waals surface area contributed by atoms with Crippen LogP contribution >= 0.6 is 0 Å². The highest BCUT2D eigenvalue weighted by Gasteiger charge is 2.13. The van der Waals surface area contributed by atoms with Gasteiger partial charge in [0, 0.05) is 31.0 Å². The van der Waals surface area contributed by atoms with Gasteiger partial charge in [-0.15, -0.1) is 0 Å². The Kier molecular flexibility index (Phi) is 5.90. The molecule has 2 rings (SSSR count). The number of hydrogen-bond acceptors (Lipinski definition) is 3. The van der Waals surface area contributed by atoms with E-state index in [2.05, 4.69) is 46.7 Å². The number of piperidine rings is 1. The quantitative estimate of drug-likeness (QED) is 0.846. The molecule has 0 aromatic heterocycles. The first-order chi connectivity index (χ1) is 10.2. The van der Waals surface area contributed by atoms with E-state index in [1.54, 1.807) is 0 Å². The molecule has 1 aliphatic rings. The fourth-order valence-electron chi connectivity index (χ4n) is 2.64. The number of carbonyl (C=O) groups excluding carboxylic acids is 1. The molecule has 2 N–H and O–H groups in total. The summed E-state index contributed by atoms with van der Waals surface area (Å²) in [6, 6.07) is 8.20. The van der Waals surface area contributed by atoms with Crippen LogP contribution in [0.25, 0.3) is 0 Å². The molecule has 1 amide bonds. The zero-order chi connectivity index (χ0) is 15.1. The molecule has 1 heterocycles. The van der Waals surface area contributed by atoms with Gasteiger partial charge in [0.25, 0.3) is 0 Å². The second-order valence-electron chi connectivity index (χ2n) is 5.75. The molecule has 0 spiro atoms. The van der Waals surface area contributed by atoms with Gasteiger partial charge in [-0.1, -0.05) is 6.92 Å². The molecule has 1 fully saturated rings. The van der Waals surface area contributed by atoms with Gasteiger partial charge in [-0.05, 0) is 56.9 Å². The van der Waals surface area contributed by atoms with Gasteiger partial charge < -0.3 is 15.5 Å². The van der Waals surface area contributed by atoms with E-state index in [4.69, 9.17) is 0 Å². The Labute approximate surface area is 127 Å². The molecular formula is C17H27N3O. The van der Waals surface area contributed by atoms with E-state index in [0.29, 0.717) is 0 Å². The van der Waals surface area contributed by atoms with Crippen molar-refractivity contribution in [3.8, 4) is 0 Å². The molecule has 0 aliphatic carbocycles. The van der Waals surface area contributed by atoms with E-state index in [-0.39, 0.29) is 11.9 Å². The van der Waals surface area contributed by atoms with Crippen LogP contribution in [0.5, 0.6) is 0 Å². The summed E-state index contributed by atoms with van der Waals surface area (Å²) in [5.74, 6) is 0.0527. The second-order valence-corrected chi connectivity index (χ2v) is 5.75. The molecule has 1 saturated heterocycles. The van der Waals surface area contributed by atoms with Gasteiger partial charge in [0.05, 0.1) is 0 Å². The molecule has 116 valence electrons. The fraction of sp³-hybridized carbons (Fsp3) is 0.588. The average Bonchev–Trinajstić information content (AvgIpc) is 2.54. The first-order valence-electron chi connectivity index (χ1n) is 8.10. The maximum absolute atomic E-state index is 11.8. The largest absolute Gasteiger partial charge is 0.374 e. The van der Waals surface area contributed by atoms with Gasteiger partial charge >= 0.3 is 0 Å². The smallest absolute Gasteiger partial charge is 0.242 e. The third kappa shape index (κ3) is 4.66. The van der Waals surface area contributed by atoms with Gasteiger partial charge in [-0.3, -0.25) is 4.79 Å². The minimum Gasteiger partial charge on any atom is -0.374 e. The molecule has 1 aliphatic heterocycles. The molecule has 1 atom stereocenters. The number of rotatable bonds is 6. The second kappa shape index (κ2) is 7.91. The summed E-state index contributed by atoms with van der Waals surface area (Å²) in [5.41, 5.74) is 2.28. The van der Waals surface area contributed by atoms with Crippen LogP contribution in [0.2, 0.25) is 0 Å². The first-order valence-corrected chi connectivity index (χ1v) is 8.10. The predicted molar refractivity (Wildman–Crippen MR) is 88.9 cm³/mol. The van der Waals surface area contributed by atoms with Crippen LogP contribution in [0.1, 0.15) is 39.5 Å². The van der Waals surface area contributed by atoms with Crippen LogP contribution in [0.15, 0.2) is 24.3 Å². The topological polar surface area (TPSA) is 44.4 Å². The number of benzene rings is 1. The minimum atomic E-state index is -0.211. The van der Waals surface area contributed by atoms with E-state index in [9.17, 15) is 4.79 Å². The molecule has 0 saturated carbocycles. The van der Waals surface area contributed by atoms with Crippen molar-refractivity contribution in [1.29, 1.82) is 0 Å². The van der Waals surface area contributed by atoms with Crippen LogP contribution in [0, 0.1) is 0 Å². The maximum Gasteiger partial charge on any atom is 0.242 e. The van der Waals surface area contributed by atoms with Gasteiger partial charge in [0.1, 0.15) is 6.04 Å². The van der Waals surface area contributed by atoms with E-state index < -0.39 is 0 Å². The normalized spacial score (nSPS) is 16.4. The van der Waals surface area contributed by atoms with Crippen molar-refractivity contribution in [2.24, 2.45) is 0 Å². The molecule has 4 heteroatoms. The summed E-state index contributed by atoms with van der Waals surface area (Å²) in [6.45, 7) is 6.99. The number of nitrogens with zero attached hydrogens (tertiary/aromatic N) is 1.